The Bertz CT molecular complexity index is 1320. The minimum atomic E-state index is -0.233. The van der Waals surface area contributed by atoms with Crippen LogP contribution >= 0.6 is 12.2 Å². The lowest BCUT2D eigenvalue weighted by Crippen LogP contribution is -2.29. The first kappa shape index (κ1) is 21.3. The number of aromatic nitrogens is 3. The van der Waals surface area contributed by atoms with E-state index in [-0.39, 0.29) is 17.9 Å². The molecule has 1 N–H and O–H groups in total. The third-order valence-electron chi connectivity index (χ3n) is 6.19. The monoisotopic (exact) mass is 457 g/mol. The zero-order valence-electron chi connectivity index (χ0n) is 18.7. The fraction of sp³-hybridized carbons (Fsp3) is 0.192. The summed E-state index contributed by atoms with van der Waals surface area (Å²) >= 11 is 5.80. The van der Waals surface area contributed by atoms with E-state index in [9.17, 15) is 4.39 Å². The normalized spacial score (nSPS) is 17.9. The number of aryl methyl sites for hydroxylation is 2. The zero-order valence-corrected chi connectivity index (χ0v) is 19.5. The van der Waals surface area contributed by atoms with Crippen LogP contribution in [0, 0.1) is 26.6 Å². The number of pyridine rings is 2. The molecule has 1 saturated heterocycles. The average Bonchev–Trinajstić information content (AvgIpc) is 3.32. The lowest BCUT2D eigenvalue weighted by molar-refractivity contribution is 0.564. The van der Waals surface area contributed by atoms with Crippen LogP contribution in [0.1, 0.15) is 40.3 Å². The van der Waals surface area contributed by atoms with Gasteiger partial charge in [-0.15, -0.1) is 0 Å². The molecule has 5 rings (SSSR count). The molecule has 0 aliphatic carbocycles. The van der Waals surface area contributed by atoms with Gasteiger partial charge in [-0.05, 0) is 92.6 Å². The molecule has 0 radical (unpaired) electrons. The Hall–Kier alpha value is -3.58. The highest BCUT2D eigenvalue weighted by Crippen LogP contribution is 2.43. The third-order valence-corrected chi connectivity index (χ3v) is 6.50. The van der Waals surface area contributed by atoms with Crippen LogP contribution in [0.4, 0.5) is 10.1 Å². The molecule has 0 spiro atoms. The second-order valence-electron chi connectivity index (χ2n) is 8.28. The Balaban J connectivity index is 1.69. The number of nitrogens with zero attached hydrogens (tertiary/aromatic N) is 4. The Morgan fingerprint density at radius 2 is 1.70 bits per heavy atom. The van der Waals surface area contributed by atoms with Gasteiger partial charge in [0.2, 0.25) is 0 Å². The average molecular weight is 458 g/mol. The molecule has 1 aliphatic heterocycles. The van der Waals surface area contributed by atoms with Crippen LogP contribution in [0.3, 0.4) is 0 Å². The van der Waals surface area contributed by atoms with Crippen LogP contribution in [0.2, 0.25) is 0 Å². The van der Waals surface area contributed by atoms with Crippen molar-refractivity contribution >= 4 is 23.0 Å². The predicted molar refractivity (Wildman–Crippen MR) is 132 cm³/mol. The smallest absolute Gasteiger partial charge is 0.174 e. The van der Waals surface area contributed by atoms with Gasteiger partial charge in [0.05, 0.1) is 17.8 Å². The SMILES string of the molecule is Cc1cc(N2C(=S)N[C@H](c3ccccn3)[C@H]2c2cc(C)n(-c3ccccn3)c2C)ccc1F. The lowest BCUT2D eigenvalue weighted by atomic mass is 9.96. The molecule has 2 atom stereocenters. The van der Waals surface area contributed by atoms with Crippen molar-refractivity contribution in [2.75, 3.05) is 4.90 Å². The highest BCUT2D eigenvalue weighted by atomic mass is 32.1. The lowest BCUT2D eigenvalue weighted by Gasteiger charge is -2.28. The van der Waals surface area contributed by atoms with Crippen LogP contribution in [0.15, 0.2) is 73.1 Å². The van der Waals surface area contributed by atoms with Gasteiger partial charge in [0, 0.05) is 29.5 Å². The minimum Gasteiger partial charge on any atom is -0.351 e. The fourth-order valence-electron chi connectivity index (χ4n) is 4.65. The number of anilines is 1. The molecule has 1 aliphatic rings. The number of benzene rings is 1. The van der Waals surface area contributed by atoms with Crippen molar-refractivity contribution in [1.82, 2.24) is 19.9 Å². The van der Waals surface area contributed by atoms with Gasteiger partial charge in [-0.1, -0.05) is 12.1 Å². The van der Waals surface area contributed by atoms with Crippen molar-refractivity contribution < 1.29 is 4.39 Å². The van der Waals surface area contributed by atoms with Crippen molar-refractivity contribution in [2.24, 2.45) is 0 Å². The van der Waals surface area contributed by atoms with Gasteiger partial charge in [0.25, 0.3) is 0 Å². The first-order chi connectivity index (χ1) is 16.0. The summed E-state index contributed by atoms with van der Waals surface area (Å²) < 4.78 is 16.2. The summed E-state index contributed by atoms with van der Waals surface area (Å²) in [6.45, 7) is 5.94. The second-order valence-corrected chi connectivity index (χ2v) is 8.67. The van der Waals surface area contributed by atoms with E-state index >= 15 is 0 Å². The van der Waals surface area contributed by atoms with Gasteiger partial charge in [-0.2, -0.15) is 0 Å². The van der Waals surface area contributed by atoms with E-state index < -0.39 is 0 Å². The molecule has 4 heterocycles. The molecule has 0 unspecified atom stereocenters. The second kappa shape index (κ2) is 8.41. The van der Waals surface area contributed by atoms with Gasteiger partial charge in [0.1, 0.15) is 11.6 Å². The van der Waals surface area contributed by atoms with Crippen molar-refractivity contribution in [3.8, 4) is 5.82 Å². The molecule has 0 amide bonds. The number of nitrogens with one attached hydrogen (secondary N) is 1. The summed E-state index contributed by atoms with van der Waals surface area (Å²) in [7, 11) is 0. The van der Waals surface area contributed by atoms with E-state index in [2.05, 4.69) is 44.7 Å². The Kier molecular flexibility index (Phi) is 5.42. The number of hydrogen-bond donors (Lipinski definition) is 1. The van der Waals surface area contributed by atoms with Gasteiger partial charge in [0.15, 0.2) is 5.11 Å². The maximum Gasteiger partial charge on any atom is 0.174 e. The first-order valence-corrected chi connectivity index (χ1v) is 11.2. The summed E-state index contributed by atoms with van der Waals surface area (Å²) in [6, 6.07) is 18.7. The van der Waals surface area contributed by atoms with E-state index in [0.29, 0.717) is 10.7 Å². The van der Waals surface area contributed by atoms with Crippen molar-refractivity contribution in [3.63, 3.8) is 0 Å². The highest BCUT2D eigenvalue weighted by molar-refractivity contribution is 7.80. The molecular formula is C26H24FN5S. The number of rotatable bonds is 4. The summed E-state index contributed by atoms with van der Waals surface area (Å²) in [5, 5.41) is 4.06. The Labute approximate surface area is 197 Å². The Morgan fingerprint density at radius 3 is 2.36 bits per heavy atom. The molecule has 33 heavy (non-hydrogen) atoms. The molecule has 0 bridgehead atoms. The first-order valence-electron chi connectivity index (χ1n) is 10.8. The summed E-state index contributed by atoms with van der Waals surface area (Å²) in [4.78, 5) is 11.3. The Morgan fingerprint density at radius 1 is 0.939 bits per heavy atom. The highest BCUT2D eigenvalue weighted by Gasteiger charge is 2.42. The maximum absolute atomic E-state index is 14.1. The molecule has 0 saturated carbocycles. The third kappa shape index (κ3) is 3.68. The van der Waals surface area contributed by atoms with Crippen LogP contribution < -0.4 is 10.2 Å². The summed E-state index contributed by atoms with van der Waals surface area (Å²) in [5.74, 6) is 0.633. The quantitative estimate of drug-likeness (QED) is 0.410. The molecule has 1 fully saturated rings. The topological polar surface area (TPSA) is 46.0 Å². The number of thiocarbonyl (C=S) groups is 1. The zero-order chi connectivity index (χ0) is 23.1. The molecule has 5 nitrogen and oxygen atoms in total. The van der Waals surface area contributed by atoms with Crippen LogP contribution in [-0.4, -0.2) is 19.6 Å². The standard InChI is InChI=1S/C26H24FN5S/c1-16-14-19(10-11-21(16)27)32-25(24(30-26(32)33)22-8-4-6-12-28-22)20-15-17(2)31(18(20)3)23-9-5-7-13-29-23/h4-15,24-25H,1-3H3,(H,30,33)/t24-,25-/m1/s1. The van der Waals surface area contributed by atoms with Crippen molar-refractivity contribution in [3.05, 3.63) is 107 Å². The van der Waals surface area contributed by atoms with E-state index in [1.54, 1.807) is 25.4 Å². The van der Waals surface area contributed by atoms with Crippen molar-refractivity contribution in [2.45, 2.75) is 32.9 Å². The molecular weight excluding hydrogens is 433 g/mol. The largest absolute Gasteiger partial charge is 0.351 e. The number of hydrogen-bond acceptors (Lipinski definition) is 3. The molecule has 1 aromatic carbocycles. The van der Waals surface area contributed by atoms with Gasteiger partial charge in [-0.3, -0.25) is 4.98 Å². The van der Waals surface area contributed by atoms with E-state index in [0.717, 1.165) is 34.2 Å². The summed E-state index contributed by atoms with van der Waals surface area (Å²) in [5.41, 5.74) is 5.59. The van der Waals surface area contributed by atoms with Crippen LogP contribution in [-0.2, 0) is 0 Å². The molecule has 7 heteroatoms. The molecule has 4 aromatic rings. The van der Waals surface area contributed by atoms with Gasteiger partial charge >= 0.3 is 0 Å². The molecule has 3 aromatic heterocycles. The summed E-state index contributed by atoms with van der Waals surface area (Å²) in [6.07, 6.45) is 3.59. The van der Waals surface area contributed by atoms with E-state index in [1.165, 1.54) is 6.07 Å². The number of halogens is 1. The maximum atomic E-state index is 14.1. The van der Waals surface area contributed by atoms with E-state index in [4.69, 9.17) is 12.2 Å². The van der Waals surface area contributed by atoms with Crippen LogP contribution in [0.5, 0.6) is 0 Å². The van der Waals surface area contributed by atoms with E-state index in [1.807, 2.05) is 42.5 Å². The van der Waals surface area contributed by atoms with Crippen LogP contribution in [0.25, 0.3) is 5.82 Å². The van der Waals surface area contributed by atoms with Gasteiger partial charge < -0.3 is 14.8 Å². The van der Waals surface area contributed by atoms with Gasteiger partial charge in [-0.25, -0.2) is 9.37 Å². The molecule has 166 valence electrons. The minimum absolute atomic E-state index is 0.165. The predicted octanol–water partition coefficient (Wildman–Crippen LogP) is 5.51. The van der Waals surface area contributed by atoms with Crippen molar-refractivity contribution in [1.29, 1.82) is 0 Å². The fourth-order valence-corrected chi connectivity index (χ4v) is 5.00.